The van der Waals surface area contributed by atoms with Crippen LogP contribution in [0.5, 0.6) is 17.4 Å². The van der Waals surface area contributed by atoms with Gasteiger partial charge in [-0.15, -0.1) is 0 Å². The van der Waals surface area contributed by atoms with Gasteiger partial charge in [0.15, 0.2) is 18.1 Å². The number of carbonyl (C=O) groups excluding carboxylic acids is 1. The zero-order valence-electron chi connectivity index (χ0n) is 12.9. The number of benzene rings is 1. The fourth-order valence-electron chi connectivity index (χ4n) is 1.75. The van der Waals surface area contributed by atoms with Crippen LogP contribution in [0.2, 0.25) is 5.02 Å². The Morgan fingerprint density at radius 2 is 2.00 bits per heavy atom. The van der Waals surface area contributed by atoms with Gasteiger partial charge in [0.1, 0.15) is 11.5 Å². The van der Waals surface area contributed by atoms with Crippen molar-refractivity contribution in [1.29, 1.82) is 5.26 Å². The molecule has 1 aromatic carbocycles. The van der Waals surface area contributed by atoms with Crippen molar-refractivity contribution >= 4 is 17.5 Å². The number of aromatic nitrogens is 1. The molecule has 8 heteroatoms. The fraction of sp³-hybridized carbons (Fsp3) is 0.188. The van der Waals surface area contributed by atoms with Crippen LogP contribution in [0.4, 0.5) is 4.39 Å². The van der Waals surface area contributed by atoms with E-state index in [-0.39, 0.29) is 10.9 Å². The zero-order chi connectivity index (χ0) is 17.7. The van der Waals surface area contributed by atoms with E-state index in [0.29, 0.717) is 11.5 Å². The summed E-state index contributed by atoms with van der Waals surface area (Å²) in [7, 11) is 1.35. The van der Waals surface area contributed by atoms with E-state index in [9.17, 15) is 9.18 Å². The normalized spacial score (nSPS) is 11.3. The van der Waals surface area contributed by atoms with Crippen LogP contribution in [0.25, 0.3) is 0 Å². The molecule has 24 heavy (non-hydrogen) atoms. The Balaban J connectivity index is 2.03. The van der Waals surface area contributed by atoms with Gasteiger partial charge in [-0.05, 0) is 37.3 Å². The third kappa shape index (κ3) is 4.33. The van der Waals surface area contributed by atoms with Crippen molar-refractivity contribution in [3.05, 3.63) is 47.4 Å². The number of carbonyl (C=O) groups is 1. The minimum absolute atomic E-state index is 0.171. The van der Waals surface area contributed by atoms with Crippen LogP contribution >= 0.6 is 11.6 Å². The van der Waals surface area contributed by atoms with Crippen molar-refractivity contribution in [2.24, 2.45) is 0 Å². The number of hydrogen-bond donors (Lipinski definition) is 0. The maximum Gasteiger partial charge on any atom is 0.276 e. The molecule has 0 aliphatic heterocycles. The molecule has 1 heterocycles. The van der Waals surface area contributed by atoms with Crippen LogP contribution in [0.3, 0.4) is 0 Å². The average molecular weight is 350 g/mol. The Bertz CT molecular complexity index is 777. The van der Waals surface area contributed by atoms with Crippen molar-refractivity contribution in [3.63, 3.8) is 0 Å². The van der Waals surface area contributed by atoms with E-state index >= 15 is 0 Å². The molecular weight excluding hydrogens is 337 g/mol. The third-order valence-corrected chi connectivity index (χ3v) is 3.16. The molecule has 1 amide bonds. The molecule has 6 nitrogen and oxygen atoms in total. The Labute approximate surface area is 143 Å². The van der Waals surface area contributed by atoms with E-state index in [1.807, 2.05) is 0 Å². The van der Waals surface area contributed by atoms with E-state index in [2.05, 4.69) is 4.98 Å². The van der Waals surface area contributed by atoms with Gasteiger partial charge in [-0.1, -0.05) is 11.6 Å². The third-order valence-electron chi connectivity index (χ3n) is 2.95. The number of amides is 1. The molecule has 1 aromatic heterocycles. The molecule has 0 N–H and O–H groups in total. The first-order valence-electron chi connectivity index (χ1n) is 6.83. The second-order valence-corrected chi connectivity index (χ2v) is 5.21. The molecule has 0 aliphatic carbocycles. The maximum atomic E-state index is 13.6. The van der Waals surface area contributed by atoms with E-state index < -0.39 is 17.8 Å². The molecule has 2 aromatic rings. The van der Waals surface area contributed by atoms with Gasteiger partial charge < -0.3 is 9.47 Å². The maximum absolute atomic E-state index is 13.6. The van der Waals surface area contributed by atoms with E-state index in [4.69, 9.17) is 26.3 Å². The highest BCUT2D eigenvalue weighted by Crippen LogP contribution is 2.26. The Morgan fingerprint density at radius 3 is 2.58 bits per heavy atom. The number of rotatable bonds is 5. The highest BCUT2D eigenvalue weighted by atomic mass is 35.5. The van der Waals surface area contributed by atoms with Gasteiger partial charge in [-0.25, -0.2) is 14.3 Å². The molecule has 0 spiro atoms. The summed E-state index contributed by atoms with van der Waals surface area (Å²) in [6.45, 7) is 1.54. The highest BCUT2D eigenvalue weighted by molar-refractivity contribution is 6.30. The van der Waals surface area contributed by atoms with Crippen molar-refractivity contribution in [2.75, 3.05) is 7.05 Å². The number of hydrogen-bond acceptors (Lipinski definition) is 5. The lowest BCUT2D eigenvalue weighted by molar-refractivity contribution is -0.133. The molecule has 1 unspecified atom stereocenters. The van der Waals surface area contributed by atoms with Gasteiger partial charge in [-0.3, -0.25) is 4.79 Å². The smallest absolute Gasteiger partial charge is 0.276 e. The summed E-state index contributed by atoms with van der Waals surface area (Å²) in [6.07, 6.45) is 2.16. The summed E-state index contributed by atoms with van der Waals surface area (Å²) in [4.78, 5) is 16.4. The summed E-state index contributed by atoms with van der Waals surface area (Å²) < 4.78 is 24.4. The van der Waals surface area contributed by atoms with E-state index in [0.717, 1.165) is 11.0 Å². The number of ether oxygens (including phenoxy) is 2. The standard InChI is InChI=1S/C16H13ClFN3O3/c1-10(16(22)21(2)9-19)23-12-3-5-13(6-4-12)24-15-14(18)7-11(17)8-20-15/h3-8,10H,1-2H3. The lowest BCUT2D eigenvalue weighted by Crippen LogP contribution is -2.35. The second-order valence-electron chi connectivity index (χ2n) is 4.77. The van der Waals surface area contributed by atoms with Crippen molar-refractivity contribution in [2.45, 2.75) is 13.0 Å². The predicted molar refractivity (Wildman–Crippen MR) is 84.2 cm³/mol. The topological polar surface area (TPSA) is 75.5 Å². The van der Waals surface area contributed by atoms with Crippen LogP contribution in [0.1, 0.15) is 6.92 Å². The van der Waals surface area contributed by atoms with Crippen molar-refractivity contribution in [3.8, 4) is 23.6 Å². The summed E-state index contributed by atoms with van der Waals surface area (Å²) in [5.74, 6) is -0.609. The number of halogens is 2. The average Bonchev–Trinajstić information content (AvgIpc) is 2.57. The quantitative estimate of drug-likeness (QED) is 0.611. The fourth-order valence-corrected chi connectivity index (χ4v) is 1.90. The summed E-state index contributed by atoms with van der Waals surface area (Å²) in [6, 6.07) is 7.28. The van der Waals surface area contributed by atoms with Gasteiger partial charge >= 0.3 is 0 Å². The van der Waals surface area contributed by atoms with Crippen LogP contribution < -0.4 is 9.47 Å². The molecule has 1 atom stereocenters. The van der Waals surface area contributed by atoms with Gasteiger partial charge in [-0.2, -0.15) is 5.26 Å². The molecule has 0 saturated heterocycles. The van der Waals surface area contributed by atoms with Crippen molar-refractivity contribution in [1.82, 2.24) is 9.88 Å². The van der Waals surface area contributed by atoms with Crippen LogP contribution in [-0.4, -0.2) is 28.9 Å². The van der Waals surface area contributed by atoms with Crippen molar-refractivity contribution < 1.29 is 18.7 Å². The lowest BCUT2D eigenvalue weighted by Gasteiger charge is -2.16. The second kappa shape index (κ2) is 7.62. The first-order chi connectivity index (χ1) is 11.4. The molecule has 2 rings (SSSR count). The number of likely N-dealkylation sites (N-methyl/N-ethyl adjacent to an activating group) is 1. The molecule has 0 bridgehead atoms. The zero-order valence-corrected chi connectivity index (χ0v) is 13.6. The summed E-state index contributed by atoms with van der Waals surface area (Å²) >= 11 is 5.62. The molecule has 0 radical (unpaired) electrons. The molecule has 124 valence electrons. The van der Waals surface area contributed by atoms with Gasteiger partial charge in [0, 0.05) is 13.2 Å². The lowest BCUT2D eigenvalue weighted by atomic mass is 10.3. The molecule has 0 fully saturated rings. The first-order valence-corrected chi connectivity index (χ1v) is 7.21. The highest BCUT2D eigenvalue weighted by Gasteiger charge is 2.19. The molecule has 0 aliphatic rings. The van der Waals surface area contributed by atoms with Crippen LogP contribution in [0.15, 0.2) is 36.5 Å². The minimum atomic E-state index is -0.822. The first kappa shape index (κ1) is 17.5. The largest absolute Gasteiger partial charge is 0.481 e. The number of nitriles is 1. The Kier molecular flexibility index (Phi) is 5.55. The molecule has 0 saturated carbocycles. The minimum Gasteiger partial charge on any atom is -0.481 e. The summed E-state index contributed by atoms with van der Waals surface area (Å²) in [5, 5.41) is 8.85. The Hall–Kier alpha value is -2.85. The number of pyridine rings is 1. The Morgan fingerprint density at radius 1 is 1.38 bits per heavy atom. The molecular formula is C16H13ClFN3O3. The van der Waals surface area contributed by atoms with Gasteiger partial charge in [0.05, 0.1) is 5.02 Å². The van der Waals surface area contributed by atoms with Gasteiger partial charge in [0.2, 0.25) is 0 Å². The van der Waals surface area contributed by atoms with Crippen LogP contribution in [-0.2, 0) is 4.79 Å². The predicted octanol–water partition coefficient (Wildman–Crippen LogP) is 3.37. The monoisotopic (exact) mass is 349 g/mol. The van der Waals surface area contributed by atoms with E-state index in [1.165, 1.54) is 32.3 Å². The SMILES string of the molecule is CC(Oc1ccc(Oc2ncc(Cl)cc2F)cc1)C(=O)N(C)C#N. The number of nitrogens with zero attached hydrogens (tertiary/aromatic N) is 3. The van der Waals surface area contributed by atoms with Gasteiger partial charge in [0.25, 0.3) is 11.8 Å². The van der Waals surface area contributed by atoms with E-state index in [1.54, 1.807) is 18.3 Å². The summed E-state index contributed by atoms with van der Waals surface area (Å²) in [5.41, 5.74) is 0. The van der Waals surface area contributed by atoms with Crippen LogP contribution in [0, 0.1) is 17.3 Å².